The molecule has 0 saturated carbocycles. The highest BCUT2D eigenvalue weighted by Gasteiger charge is 2.42. The number of carbonyl (C=O) groups is 1. The van der Waals surface area contributed by atoms with E-state index >= 15 is 0 Å². The summed E-state index contributed by atoms with van der Waals surface area (Å²) in [6.07, 6.45) is 1.65. The molecule has 0 bridgehead atoms. The van der Waals surface area contributed by atoms with Crippen LogP contribution >= 0.6 is 0 Å². The van der Waals surface area contributed by atoms with Gasteiger partial charge in [0.05, 0.1) is 19.3 Å². The number of hydrogen-bond donors (Lipinski definition) is 0. The van der Waals surface area contributed by atoms with Gasteiger partial charge in [-0.25, -0.2) is 4.79 Å². The molecule has 12 heavy (non-hydrogen) atoms. The Morgan fingerprint density at radius 2 is 2.33 bits per heavy atom. The molecule has 0 aromatic heterocycles. The van der Waals surface area contributed by atoms with Crippen LogP contribution in [0.5, 0.6) is 0 Å². The van der Waals surface area contributed by atoms with Crippen molar-refractivity contribution in [3.05, 3.63) is 12.2 Å². The highest BCUT2D eigenvalue weighted by atomic mass is 16.5. The van der Waals surface area contributed by atoms with Crippen molar-refractivity contribution in [3.8, 4) is 0 Å². The Morgan fingerprint density at radius 1 is 1.75 bits per heavy atom. The van der Waals surface area contributed by atoms with Crippen molar-refractivity contribution < 1.29 is 14.3 Å². The van der Waals surface area contributed by atoms with Crippen LogP contribution in [0.4, 0.5) is 0 Å². The summed E-state index contributed by atoms with van der Waals surface area (Å²) < 4.78 is 9.93. The van der Waals surface area contributed by atoms with Gasteiger partial charge in [-0.05, 0) is 6.42 Å². The molecule has 1 unspecified atom stereocenters. The van der Waals surface area contributed by atoms with Gasteiger partial charge in [-0.1, -0.05) is 13.5 Å². The van der Waals surface area contributed by atoms with Gasteiger partial charge in [-0.3, -0.25) is 0 Å². The van der Waals surface area contributed by atoms with Gasteiger partial charge in [-0.15, -0.1) is 0 Å². The van der Waals surface area contributed by atoms with Crippen molar-refractivity contribution in [2.45, 2.75) is 25.4 Å². The Balaban J connectivity index is 2.67. The number of rotatable bonds is 3. The summed E-state index contributed by atoms with van der Waals surface area (Å²) in [7, 11) is 1.36. The fraction of sp³-hybridized carbons (Fsp3) is 0.667. The summed E-state index contributed by atoms with van der Waals surface area (Å²) in [6, 6.07) is 0. The number of methoxy groups -OCH3 is 1. The van der Waals surface area contributed by atoms with Crippen molar-refractivity contribution in [3.63, 3.8) is 0 Å². The number of ether oxygens (including phenoxy) is 2. The number of esters is 1. The van der Waals surface area contributed by atoms with E-state index in [0.29, 0.717) is 12.2 Å². The lowest BCUT2D eigenvalue weighted by atomic mass is 9.84. The fourth-order valence-electron chi connectivity index (χ4n) is 1.39. The second-order valence-corrected chi connectivity index (χ2v) is 2.92. The molecular formula is C9H14O3. The predicted octanol–water partition coefficient (Wildman–Crippen LogP) is 1.28. The average Bonchev–Trinajstić information content (AvgIpc) is 2.02. The van der Waals surface area contributed by atoms with Gasteiger partial charge in [0.1, 0.15) is 5.60 Å². The molecule has 1 heterocycles. The third-order valence-electron chi connectivity index (χ3n) is 2.44. The molecule has 1 aliphatic rings. The maximum atomic E-state index is 11.1. The molecule has 0 spiro atoms. The molecule has 1 fully saturated rings. The first-order valence-electron chi connectivity index (χ1n) is 4.08. The van der Waals surface area contributed by atoms with Crippen LogP contribution in [-0.2, 0) is 14.3 Å². The largest absolute Gasteiger partial charge is 0.466 e. The second-order valence-electron chi connectivity index (χ2n) is 2.92. The Morgan fingerprint density at radius 3 is 2.58 bits per heavy atom. The van der Waals surface area contributed by atoms with Crippen LogP contribution in [-0.4, -0.2) is 25.3 Å². The Kier molecular flexibility index (Phi) is 2.52. The molecule has 3 nitrogen and oxygen atoms in total. The van der Waals surface area contributed by atoms with E-state index in [1.165, 1.54) is 7.11 Å². The molecule has 0 aliphatic carbocycles. The maximum absolute atomic E-state index is 11.1. The quantitative estimate of drug-likeness (QED) is 0.473. The van der Waals surface area contributed by atoms with Crippen LogP contribution < -0.4 is 0 Å². The monoisotopic (exact) mass is 170 g/mol. The number of hydrogen-bond acceptors (Lipinski definition) is 3. The van der Waals surface area contributed by atoms with E-state index in [9.17, 15) is 4.79 Å². The van der Waals surface area contributed by atoms with E-state index in [1.807, 2.05) is 6.92 Å². The zero-order valence-corrected chi connectivity index (χ0v) is 7.55. The number of carbonyl (C=O) groups excluding carboxylic acids is 1. The summed E-state index contributed by atoms with van der Waals surface area (Å²) in [4.78, 5) is 11.1. The zero-order valence-electron chi connectivity index (χ0n) is 7.55. The van der Waals surface area contributed by atoms with E-state index in [4.69, 9.17) is 4.74 Å². The minimum Gasteiger partial charge on any atom is -0.466 e. The molecule has 1 saturated heterocycles. The molecule has 0 aromatic rings. The topological polar surface area (TPSA) is 35.5 Å². The minimum atomic E-state index is -0.424. The molecule has 0 N–H and O–H groups in total. The Labute approximate surface area is 72.4 Å². The first-order chi connectivity index (χ1) is 5.66. The van der Waals surface area contributed by atoms with Crippen molar-refractivity contribution in [1.29, 1.82) is 0 Å². The SMILES string of the molecule is C=C(C(=O)OC)C1(CC)CCO1. The van der Waals surface area contributed by atoms with Crippen LogP contribution in [0.1, 0.15) is 19.8 Å². The van der Waals surface area contributed by atoms with E-state index in [-0.39, 0.29) is 5.97 Å². The second kappa shape index (κ2) is 3.27. The predicted molar refractivity (Wildman–Crippen MR) is 44.7 cm³/mol. The van der Waals surface area contributed by atoms with Gasteiger partial charge in [-0.2, -0.15) is 0 Å². The fourth-order valence-corrected chi connectivity index (χ4v) is 1.39. The molecule has 68 valence electrons. The van der Waals surface area contributed by atoms with Gasteiger partial charge in [0.25, 0.3) is 0 Å². The standard InChI is InChI=1S/C9H14O3/c1-4-9(5-6-12-9)7(2)8(10)11-3/h2,4-6H2,1,3H3. The van der Waals surface area contributed by atoms with Crippen LogP contribution in [0.2, 0.25) is 0 Å². The normalized spacial score (nSPS) is 27.5. The highest BCUT2D eigenvalue weighted by molar-refractivity contribution is 5.90. The first-order valence-corrected chi connectivity index (χ1v) is 4.08. The molecule has 0 radical (unpaired) electrons. The third kappa shape index (κ3) is 1.25. The third-order valence-corrected chi connectivity index (χ3v) is 2.44. The van der Waals surface area contributed by atoms with Crippen molar-refractivity contribution in [2.24, 2.45) is 0 Å². The lowest BCUT2D eigenvalue weighted by Gasteiger charge is -2.41. The van der Waals surface area contributed by atoms with Crippen LogP contribution in [0, 0.1) is 0 Å². The molecule has 0 amide bonds. The minimum absolute atomic E-state index is 0.364. The molecule has 0 aromatic carbocycles. The molecule has 1 rings (SSSR count). The van der Waals surface area contributed by atoms with Gasteiger partial charge >= 0.3 is 5.97 Å². The van der Waals surface area contributed by atoms with Crippen molar-refractivity contribution in [1.82, 2.24) is 0 Å². The van der Waals surface area contributed by atoms with Crippen molar-refractivity contribution >= 4 is 5.97 Å². The van der Waals surface area contributed by atoms with Gasteiger partial charge in [0.15, 0.2) is 0 Å². The zero-order chi connectivity index (χ0) is 9.19. The van der Waals surface area contributed by atoms with Gasteiger partial charge in [0.2, 0.25) is 0 Å². The van der Waals surface area contributed by atoms with Gasteiger partial charge in [0, 0.05) is 6.42 Å². The molecular weight excluding hydrogens is 156 g/mol. The van der Waals surface area contributed by atoms with E-state index in [0.717, 1.165) is 12.8 Å². The summed E-state index contributed by atoms with van der Waals surface area (Å²) in [6.45, 7) is 6.38. The lowest BCUT2D eigenvalue weighted by Crippen LogP contribution is -2.46. The van der Waals surface area contributed by atoms with E-state index < -0.39 is 5.60 Å². The van der Waals surface area contributed by atoms with Crippen LogP contribution in [0.3, 0.4) is 0 Å². The van der Waals surface area contributed by atoms with E-state index in [2.05, 4.69) is 11.3 Å². The molecule has 1 atom stereocenters. The molecule has 1 aliphatic heterocycles. The summed E-state index contributed by atoms with van der Waals surface area (Å²) >= 11 is 0. The highest BCUT2D eigenvalue weighted by Crippen LogP contribution is 2.36. The lowest BCUT2D eigenvalue weighted by molar-refractivity contribution is -0.152. The maximum Gasteiger partial charge on any atom is 0.336 e. The Hall–Kier alpha value is -0.830. The summed E-state index contributed by atoms with van der Waals surface area (Å²) in [5, 5.41) is 0. The average molecular weight is 170 g/mol. The van der Waals surface area contributed by atoms with Crippen molar-refractivity contribution in [2.75, 3.05) is 13.7 Å². The van der Waals surface area contributed by atoms with Crippen LogP contribution in [0.15, 0.2) is 12.2 Å². The van der Waals surface area contributed by atoms with Gasteiger partial charge < -0.3 is 9.47 Å². The van der Waals surface area contributed by atoms with Crippen LogP contribution in [0.25, 0.3) is 0 Å². The summed E-state index contributed by atoms with van der Waals surface area (Å²) in [5.41, 5.74) is 0.0198. The first kappa shape index (κ1) is 9.26. The smallest absolute Gasteiger partial charge is 0.336 e. The molecule has 3 heteroatoms. The summed E-state index contributed by atoms with van der Waals surface area (Å²) in [5.74, 6) is -0.364. The Bertz CT molecular complexity index is 198. The van der Waals surface area contributed by atoms with E-state index in [1.54, 1.807) is 0 Å².